The zero-order valence-corrected chi connectivity index (χ0v) is 16.7. The molecule has 8 nitrogen and oxygen atoms in total. The first kappa shape index (κ1) is 20.4. The molecule has 0 bridgehead atoms. The molecule has 0 fully saturated rings. The summed E-state index contributed by atoms with van der Waals surface area (Å²) in [6.45, 7) is 1.63. The van der Waals surface area contributed by atoms with Crippen molar-refractivity contribution in [2.24, 2.45) is 7.05 Å². The highest BCUT2D eigenvalue weighted by Gasteiger charge is 2.37. The maximum absolute atomic E-state index is 13.2. The van der Waals surface area contributed by atoms with Gasteiger partial charge < -0.3 is 13.5 Å². The van der Waals surface area contributed by atoms with Crippen LogP contribution in [0.2, 0.25) is 0 Å². The summed E-state index contributed by atoms with van der Waals surface area (Å²) in [5.74, 6) is -1.44. The van der Waals surface area contributed by atoms with Gasteiger partial charge in [0.05, 0.1) is 0 Å². The first-order chi connectivity index (χ1) is 14.0. The minimum absolute atomic E-state index is 0.0211. The third-order valence-corrected chi connectivity index (χ3v) is 6.87. The molecule has 0 unspecified atom stereocenters. The summed E-state index contributed by atoms with van der Waals surface area (Å²) in [5, 5.41) is 3.32. The van der Waals surface area contributed by atoms with Crippen molar-refractivity contribution in [2.45, 2.75) is 31.0 Å². The van der Waals surface area contributed by atoms with E-state index < -0.39 is 22.0 Å². The van der Waals surface area contributed by atoms with E-state index in [9.17, 15) is 26.4 Å². The first-order valence-electron chi connectivity index (χ1n) is 8.80. The summed E-state index contributed by atoms with van der Waals surface area (Å²) in [6.07, 6.45) is -2.75. The van der Waals surface area contributed by atoms with Crippen molar-refractivity contribution in [2.75, 3.05) is 6.54 Å². The van der Waals surface area contributed by atoms with E-state index in [1.165, 1.54) is 21.9 Å². The molecule has 0 aromatic carbocycles. The molecule has 0 saturated carbocycles. The molecule has 1 aliphatic rings. The summed E-state index contributed by atoms with van der Waals surface area (Å²) >= 11 is 0. The van der Waals surface area contributed by atoms with E-state index in [0.29, 0.717) is 18.1 Å². The molecule has 0 aliphatic carbocycles. The summed E-state index contributed by atoms with van der Waals surface area (Å²) in [7, 11) is -2.42. The molecule has 3 aromatic rings. The van der Waals surface area contributed by atoms with Gasteiger partial charge in [0, 0.05) is 44.5 Å². The number of furan rings is 1. The fourth-order valence-electron chi connectivity index (χ4n) is 3.33. The van der Waals surface area contributed by atoms with Crippen LogP contribution in [-0.4, -0.2) is 29.0 Å². The number of hydrogen-bond donors (Lipinski definition) is 0. The van der Waals surface area contributed by atoms with Crippen molar-refractivity contribution in [3.63, 3.8) is 0 Å². The standard InChI is InChI=1S/C18H16F3N3O5S/c1-10-15(7-14(28-10)13-6-16(29-22-13)18(19,20)21)30(26,27)24-4-3-11-5-17(25)23(2)8-12(11)9-24/h5-8H,3-4,9H2,1-2H3. The highest BCUT2D eigenvalue weighted by molar-refractivity contribution is 7.89. The van der Waals surface area contributed by atoms with Gasteiger partial charge in [-0.25, -0.2) is 8.42 Å². The van der Waals surface area contributed by atoms with Crippen LogP contribution in [0.3, 0.4) is 0 Å². The van der Waals surface area contributed by atoms with Crippen LogP contribution in [0.25, 0.3) is 11.5 Å². The Hall–Kier alpha value is -2.86. The highest BCUT2D eigenvalue weighted by atomic mass is 32.2. The van der Waals surface area contributed by atoms with Crippen molar-refractivity contribution in [3.05, 3.63) is 57.4 Å². The molecule has 3 aromatic heterocycles. The molecule has 30 heavy (non-hydrogen) atoms. The molecule has 0 amide bonds. The van der Waals surface area contributed by atoms with Crippen LogP contribution < -0.4 is 5.56 Å². The van der Waals surface area contributed by atoms with E-state index in [2.05, 4.69) is 9.68 Å². The number of fused-ring (bicyclic) bond motifs is 1. The molecule has 4 heterocycles. The Morgan fingerprint density at radius 1 is 1.17 bits per heavy atom. The molecule has 12 heteroatoms. The molecule has 1 aliphatic heterocycles. The Bertz CT molecular complexity index is 1290. The summed E-state index contributed by atoms with van der Waals surface area (Å²) < 4.78 is 76.7. The van der Waals surface area contributed by atoms with Gasteiger partial charge in [0.2, 0.25) is 15.8 Å². The number of alkyl halides is 3. The lowest BCUT2D eigenvalue weighted by Crippen LogP contribution is -2.37. The molecule has 0 atom stereocenters. The van der Waals surface area contributed by atoms with Crippen LogP contribution in [0.1, 0.15) is 22.6 Å². The van der Waals surface area contributed by atoms with E-state index in [4.69, 9.17) is 4.42 Å². The normalized spacial score (nSPS) is 15.4. The minimum atomic E-state index is -4.72. The second-order valence-electron chi connectivity index (χ2n) is 6.97. The summed E-state index contributed by atoms with van der Waals surface area (Å²) in [5.41, 5.74) is 1.06. The number of aromatic nitrogens is 2. The largest absolute Gasteiger partial charge is 0.458 e. The van der Waals surface area contributed by atoms with Gasteiger partial charge in [-0.15, -0.1) is 0 Å². The van der Waals surface area contributed by atoms with Crippen LogP contribution in [0.5, 0.6) is 0 Å². The molecular formula is C18H16F3N3O5S. The molecule has 160 valence electrons. The topological polar surface area (TPSA) is 98.6 Å². The number of sulfonamides is 1. The van der Waals surface area contributed by atoms with Crippen molar-refractivity contribution >= 4 is 10.0 Å². The molecule has 0 spiro atoms. The molecule has 0 N–H and O–H groups in total. The molecule has 0 saturated heterocycles. The van der Waals surface area contributed by atoms with E-state index >= 15 is 0 Å². The number of hydrogen-bond acceptors (Lipinski definition) is 6. The second kappa shape index (κ2) is 6.84. The Balaban J connectivity index is 1.66. The molecule has 0 radical (unpaired) electrons. The van der Waals surface area contributed by atoms with Crippen LogP contribution in [0, 0.1) is 6.92 Å². The molecular weight excluding hydrogens is 427 g/mol. The predicted molar refractivity (Wildman–Crippen MR) is 96.9 cm³/mol. The highest BCUT2D eigenvalue weighted by Crippen LogP contribution is 2.35. The SMILES string of the molecule is Cc1oc(-c2cc(C(F)(F)F)on2)cc1S(=O)(=O)N1CCc2cc(=O)n(C)cc2C1. The third kappa shape index (κ3) is 3.45. The zero-order valence-electron chi connectivity index (χ0n) is 15.9. The summed E-state index contributed by atoms with van der Waals surface area (Å²) in [6, 6.07) is 3.27. The first-order valence-corrected chi connectivity index (χ1v) is 10.2. The van der Waals surface area contributed by atoms with Gasteiger partial charge in [0.15, 0.2) is 5.76 Å². The summed E-state index contributed by atoms with van der Waals surface area (Å²) in [4.78, 5) is 11.6. The quantitative estimate of drug-likeness (QED) is 0.617. The van der Waals surface area contributed by atoms with Crippen LogP contribution in [-0.2, 0) is 36.2 Å². The average molecular weight is 443 g/mol. The van der Waals surface area contributed by atoms with Gasteiger partial charge in [-0.3, -0.25) is 4.79 Å². The second-order valence-corrected chi connectivity index (χ2v) is 8.87. The maximum Gasteiger partial charge on any atom is 0.452 e. The van der Waals surface area contributed by atoms with Gasteiger partial charge >= 0.3 is 6.18 Å². The fraction of sp³-hybridized carbons (Fsp3) is 0.333. The lowest BCUT2D eigenvalue weighted by Gasteiger charge is -2.28. The third-order valence-electron chi connectivity index (χ3n) is 4.92. The molecule has 4 rings (SSSR count). The minimum Gasteiger partial charge on any atom is -0.458 e. The van der Waals surface area contributed by atoms with Gasteiger partial charge in [-0.2, -0.15) is 17.5 Å². The van der Waals surface area contributed by atoms with Gasteiger partial charge in [0.1, 0.15) is 16.3 Å². The Kier molecular flexibility index (Phi) is 4.66. The number of rotatable bonds is 3. The van der Waals surface area contributed by atoms with Crippen LogP contribution >= 0.6 is 0 Å². The Labute approximate surface area is 168 Å². The van der Waals surface area contributed by atoms with Crippen molar-refractivity contribution < 1.29 is 30.5 Å². The monoisotopic (exact) mass is 443 g/mol. The van der Waals surface area contributed by atoms with Crippen molar-refractivity contribution in [1.82, 2.24) is 14.0 Å². The number of pyridine rings is 1. The number of halogens is 3. The van der Waals surface area contributed by atoms with E-state index in [-0.39, 0.29) is 40.8 Å². The van der Waals surface area contributed by atoms with E-state index in [1.807, 2.05) is 0 Å². The average Bonchev–Trinajstić information content (AvgIpc) is 3.29. The number of nitrogens with zero attached hydrogens (tertiary/aromatic N) is 3. The van der Waals surface area contributed by atoms with Gasteiger partial charge in [-0.05, 0) is 24.5 Å². The number of aryl methyl sites for hydroxylation is 2. The fourth-order valence-corrected chi connectivity index (χ4v) is 4.91. The zero-order chi connectivity index (χ0) is 21.8. The van der Waals surface area contributed by atoms with E-state index in [0.717, 1.165) is 11.6 Å². The van der Waals surface area contributed by atoms with Gasteiger partial charge in [-0.1, -0.05) is 5.16 Å². The van der Waals surface area contributed by atoms with Gasteiger partial charge in [0.25, 0.3) is 5.56 Å². The van der Waals surface area contributed by atoms with Crippen LogP contribution in [0.15, 0.2) is 43.0 Å². The lowest BCUT2D eigenvalue weighted by molar-refractivity contribution is -0.155. The predicted octanol–water partition coefficient (Wildman–Crippen LogP) is 2.71. The van der Waals surface area contributed by atoms with Crippen molar-refractivity contribution in [3.8, 4) is 11.5 Å². The maximum atomic E-state index is 13.2. The lowest BCUT2D eigenvalue weighted by atomic mass is 10.0. The Morgan fingerprint density at radius 3 is 2.57 bits per heavy atom. The Morgan fingerprint density at radius 2 is 1.90 bits per heavy atom. The van der Waals surface area contributed by atoms with E-state index in [1.54, 1.807) is 13.2 Å². The smallest absolute Gasteiger partial charge is 0.452 e. The van der Waals surface area contributed by atoms with Crippen LogP contribution in [0.4, 0.5) is 13.2 Å². The van der Waals surface area contributed by atoms with Crippen molar-refractivity contribution in [1.29, 1.82) is 0 Å².